The lowest BCUT2D eigenvalue weighted by Gasteiger charge is -2.02. The van der Waals surface area contributed by atoms with E-state index in [4.69, 9.17) is 10.9 Å². The van der Waals surface area contributed by atoms with Crippen LogP contribution >= 0.6 is 0 Å². The summed E-state index contributed by atoms with van der Waals surface area (Å²) in [5.74, 6) is 3.94. The van der Waals surface area contributed by atoms with Crippen molar-refractivity contribution in [3.05, 3.63) is 28.7 Å². The number of anilines is 1. The van der Waals surface area contributed by atoms with Crippen LogP contribution in [-0.2, 0) is 0 Å². The first kappa shape index (κ1) is 9.14. The molecule has 6 heteroatoms. The van der Waals surface area contributed by atoms with Crippen molar-refractivity contribution in [2.75, 3.05) is 5.43 Å². The number of carboxylic acids is 1. The maximum Gasteiger partial charge on any atom is 0.335 e. The van der Waals surface area contributed by atoms with Crippen LogP contribution in [0.5, 0.6) is 0 Å². The number of nitrogens with one attached hydrogen (secondary N) is 1. The van der Waals surface area contributed by atoms with E-state index in [-0.39, 0.29) is 11.3 Å². The van der Waals surface area contributed by atoms with Gasteiger partial charge in [0.1, 0.15) is 5.69 Å². The molecule has 6 nitrogen and oxygen atoms in total. The van der Waals surface area contributed by atoms with Crippen LogP contribution in [0.1, 0.15) is 10.4 Å². The van der Waals surface area contributed by atoms with E-state index in [1.807, 2.05) is 0 Å². The average Bonchev–Trinajstić information content (AvgIpc) is 2.16. The van der Waals surface area contributed by atoms with Crippen molar-refractivity contribution in [3.8, 4) is 0 Å². The van der Waals surface area contributed by atoms with Gasteiger partial charge in [-0.05, 0) is 23.4 Å². The predicted octanol–water partition coefficient (Wildman–Crippen LogP) is 1.07. The predicted molar refractivity (Wildman–Crippen MR) is 46.7 cm³/mol. The molecular weight excluding hydrogens is 174 g/mol. The molecule has 0 heterocycles. The zero-order valence-corrected chi connectivity index (χ0v) is 6.52. The van der Waals surface area contributed by atoms with Gasteiger partial charge in [-0.1, -0.05) is 0 Å². The smallest absolute Gasteiger partial charge is 0.335 e. The third kappa shape index (κ3) is 1.79. The number of benzene rings is 1. The highest BCUT2D eigenvalue weighted by Crippen LogP contribution is 2.24. The molecule has 0 amide bonds. The van der Waals surface area contributed by atoms with E-state index in [9.17, 15) is 9.70 Å². The first-order chi connectivity index (χ1) is 6.19. The molecule has 4 N–H and O–H groups in total. The third-order valence-corrected chi connectivity index (χ3v) is 1.50. The molecule has 0 aromatic heterocycles. The van der Waals surface area contributed by atoms with Crippen LogP contribution in [0.2, 0.25) is 0 Å². The SMILES string of the molecule is NNc1ccc(C(=O)O)cc1N=O. The zero-order chi connectivity index (χ0) is 9.84. The van der Waals surface area contributed by atoms with Gasteiger partial charge in [-0.25, -0.2) is 4.79 Å². The van der Waals surface area contributed by atoms with Gasteiger partial charge in [0.05, 0.1) is 11.3 Å². The van der Waals surface area contributed by atoms with E-state index in [0.29, 0.717) is 5.69 Å². The number of hydrogen-bond donors (Lipinski definition) is 3. The van der Waals surface area contributed by atoms with Gasteiger partial charge in [-0.15, -0.1) is 4.91 Å². The molecule has 0 spiro atoms. The Kier molecular flexibility index (Phi) is 2.56. The maximum atomic E-state index is 10.5. The van der Waals surface area contributed by atoms with Gasteiger partial charge in [0.2, 0.25) is 0 Å². The molecule has 0 saturated carbocycles. The number of nitrogens with two attached hydrogens (primary N) is 1. The van der Waals surface area contributed by atoms with Crippen molar-refractivity contribution < 1.29 is 9.90 Å². The highest BCUT2D eigenvalue weighted by atomic mass is 16.4. The number of aromatic carboxylic acids is 1. The van der Waals surface area contributed by atoms with Crippen molar-refractivity contribution in [2.24, 2.45) is 11.0 Å². The van der Waals surface area contributed by atoms with Crippen molar-refractivity contribution >= 4 is 17.3 Å². The van der Waals surface area contributed by atoms with E-state index in [1.165, 1.54) is 12.1 Å². The molecule has 1 aromatic rings. The summed E-state index contributed by atoms with van der Waals surface area (Å²) in [4.78, 5) is 20.7. The molecule has 0 bridgehead atoms. The standard InChI is InChI=1S/C7H7N3O3/c8-9-5-2-1-4(7(11)12)3-6(5)10-13/h1-3,9H,8H2,(H,11,12). The topological polar surface area (TPSA) is 105 Å². The molecule has 0 aliphatic rings. The van der Waals surface area contributed by atoms with Gasteiger partial charge in [-0.3, -0.25) is 5.84 Å². The Morgan fingerprint density at radius 2 is 2.23 bits per heavy atom. The quantitative estimate of drug-likeness (QED) is 0.367. The normalized spacial score (nSPS) is 9.31. The highest BCUT2D eigenvalue weighted by molar-refractivity contribution is 5.90. The molecule has 1 aromatic carbocycles. The molecule has 0 atom stereocenters. The van der Waals surface area contributed by atoms with Crippen LogP contribution in [0, 0.1) is 4.91 Å². The van der Waals surface area contributed by atoms with Gasteiger partial charge in [0.15, 0.2) is 0 Å². The van der Waals surface area contributed by atoms with Crippen molar-refractivity contribution in [2.45, 2.75) is 0 Å². The number of nitrogen functional groups attached to an aromatic ring is 1. The molecule has 0 aliphatic heterocycles. The lowest BCUT2D eigenvalue weighted by Crippen LogP contribution is -2.07. The molecule has 0 unspecified atom stereocenters. The molecule has 0 radical (unpaired) electrons. The Morgan fingerprint density at radius 1 is 1.54 bits per heavy atom. The largest absolute Gasteiger partial charge is 0.478 e. The van der Waals surface area contributed by atoms with Crippen LogP contribution < -0.4 is 11.3 Å². The summed E-state index contributed by atoms with van der Waals surface area (Å²) >= 11 is 0. The molecular formula is C7H7N3O3. The number of rotatable bonds is 3. The van der Waals surface area contributed by atoms with Crippen molar-refractivity contribution in [1.82, 2.24) is 0 Å². The van der Waals surface area contributed by atoms with Gasteiger partial charge < -0.3 is 10.5 Å². The van der Waals surface area contributed by atoms with Gasteiger partial charge in [-0.2, -0.15) is 0 Å². The second kappa shape index (κ2) is 3.63. The lowest BCUT2D eigenvalue weighted by atomic mass is 10.2. The summed E-state index contributed by atoms with van der Waals surface area (Å²) in [6, 6.07) is 3.84. The summed E-state index contributed by atoms with van der Waals surface area (Å²) in [6.45, 7) is 0. The molecule has 13 heavy (non-hydrogen) atoms. The Hall–Kier alpha value is -1.95. The van der Waals surface area contributed by atoms with E-state index in [2.05, 4.69) is 10.6 Å². The van der Waals surface area contributed by atoms with Crippen LogP contribution in [0.3, 0.4) is 0 Å². The summed E-state index contributed by atoms with van der Waals surface area (Å²) in [7, 11) is 0. The zero-order valence-electron chi connectivity index (χ0n) is 6.52. The maximum absolute atomic E-state index is 10.5. The second-order valence-corrected chi connectivity index (χ2v) is 2.27. The Labute approximate surface area is 73.3 Å². The van der Waals surface area contributed by atoms with E-state index in [0.717, 1.165) is 6.07 Å². The molecule has 0 aliphatic carbocycles. The fraction of sp³-hybridized carbons (Fsp3) is 0. The van der Waals surface area contributed by atoms with Crippen LogP contribution in [0.25, 0.3) is 0 Å². The molecule has 1 rings (SSSR count). The monoisotopic (exact) mass is 181 g/mol. The van der Waals surface area contributed by atoms with Crippen LogP contribution in [-0.4, -0.2) is 11.1 Å². The number of nitroso groups, excluding NO2 is 1. The van der Waals surface area contributed by atoms with E-state index in [1.54, 1.807) is 0 Å². The average molecular weight is 181 g/mol. The first-order valence-corrected chi connectivity index (χ1v) is 3.36. The first-order valence-electron chi connectivity index (χ1n) is 3.36. The van der Waals surface area contributed by atoms with Crippen molar-refractivity contribution in [3.63, 3.8) is 0 Å². The summed E-state index contributed by atoms with van der Waals surface area (Å²) < 4.78 is 0. The number of hydrazine groups is 1. The third-order valence-electron chi connectivity index (χ3n) is 1.50. The Morgan fingerprint density at radius 3 is 2.69 bits per heavy atom. The minimum atomic E-state index is -1.12. The summed E-state index contributed by atoms with van der Waals surface area (Å²) in [5, 5.41) is 11.2. The molecule has 0 saturated heterocycles. The Bertz CT molecular complexity index is 351. The van der Waals surface area contributed by atoms with Gasteiger partial charge in [0.25, 0.3) is 0 Å². The number of carboxylic acid groups (broad SMARTS) is 1. The summed E-state index contributed by atoms with van der Waals surface area (Å²) in [5.41, 5.74) is 2.49. The highest BCUT2D eigenvalue weighted by Gasteiger charge is 2.07. The minimum absolute atomic E-state index is 0.00593. The van der Waals surface area contributed by atoms with Crippen LogP contribution in [0.15, 0.2) is 23.4 Å². The number of carbonyl (C=O) groups is 1. The number of hydrogen-bond acceptors (Lipinski definition) is 5. The fourth-order valence-corrected chi connectivity index (χ4v) is 0.862. The fourth-order valence-electron chi connectivity index (χ4n) is 0.862. The molecule has 0 fully saturated rings. The van der Waals surface area contributed by atoms with Gasteiger partial charge >= 0.3 is 5.97 Å². The number of nitrogens with zero attached hydrogens (tertiary/aromatic N) is 1. The minimum Gasteiger partial charge on any atom is -0.478 e. The van der Waals surface area contributed by atoms with Gasteiger partial charge in [0, 0.05) is 0 Å². The van der Waals surface area contributed by atoms with E-state index >= 15 is 0 Å². The Balaban J connectivity index is 3.20. The van der Waals surface area contributed by atoms with E-state index < -0.39 is 5.97 Å². The molecule has 68 valence electrons. The summed E-state index contributed by atoms with van der Waals surface area (Å²) in [6.07, 6.45) is 0. The second-order valence-electron chi connectivity index (χ2n) is 2.27. The lowest BCUT2D eigenvalue weighted by molar-refractivity contribution is 0.0697. The van der Waals surface area contributed by atoms with Crippen LogP contribution in [0.4, 0.5) is 11.4 Å². The van der Waals surface area contributed by atoms with Crippen molar-refractivity contribution in [1.29, 1.82) is 0 Å².